The summed E-state index contributed by atoms with van der Waals surface area (Å²) in [7, 11) is -3.65. The quantitative estimate of drug-likeness (QED) is 0.502. The van der Waals surface area contributed by atoms with E-state index in [0.29, 0.717) is 18.1 Å². The van der Waals surface area contributed by atoms with Crippen molar-refractivity contribution in [3.05, 3.63) is 62.7 Å². The number of benzene rings is 1. The Bertz CT molecular complexity index is 1090. The SMILES string of the molecule is C[C@@H](NS(=O)(=O)CCCOn1ccc(=O)[nH]c1=O)c1ccc(F)c(OCC2CC2)c1. The molecule has 1 aromatic carbocycles. The van der Waals surface area contributed by atoms with Crippen molar-refractivity contribution in [3.63, 3.8) is 0 Å². The van der Waals surface area contributed by atoms with Crippen LogP contribution in [0.25, 0.3) is 0 Å². The van der Waals surface area contributed by atoms with Crippen LogP contribution in [0.4, 0.5) is 4.39 Å². The molecule has 0 spiro atoms. The third-order valence-corrected chi connectivity index (χ3v) is 6.10. The molecule has 0 bridgehead atoms. The van der Waals surface area contributed by atoms with Crippen LogP contribution in [-0.4, -0.2) is 37.1 Å². The number of sulfonamides is 1. The molecule has 1 aliphatic rings. The van der Waals surface area contributed by atoms with E-state index >= 15 is 0 Å². The molecule has 2 N–H and O–H groups in total. The van der Waals surface area contributed by atoms with Crippen LogP contribution in [0.5, 0.6) is 5.75 Å². The van der Waals surface area contributed by atoms with Crippen LogP contribution in [-0.2, 0) is 10.0 Å². The number of nitrogens with one attached hydrogen (secondary N) is 2. The van der Waals surface area contributed by atoms with Gasteiger partial charge in [-0.3, -0.25) is 9.78 Å². The van der Waals surface area contributed by atoms with Gasteiger partial charge in [0.2, 0.25) is 10.0 Å². The van der Waals surface area contributed by atoms with E-state index in [2.05, 4.69) is 4.72 Å². The van der Waals surface area contributed by atoms with Gasteiger partial charge in [0.1, 0.15) is 6.61 Å². The number of aromatic nitrogens is 2. The maximum Gasteiger partial charge on any atom is 0.361 e. The number of hydrogen-bond donors (Lipinski definition) is 2. The molecule has 1 fully saturated rings. The maximum absolute atomic E-state index is 13.9. The number of ether oxygens (including phenoxy) is 1. The van der Waals surface area contributed by atoms with Crippen molar-refractivity contribution in [1.29, 1.82) is 0 Å². The fourth-order valence-corrected chi connectivity index (χ4v) is 4.00. The minimum absolute atomic E-state index is 0.0447. The van der Waals surface area contributed by atoms with E-state index in [-0.39, 0.29) is 24.5 Å². The molecule has 1 aliphatic carbocycles. The van der Waals surface area contributed by atoms with Gasteiger partial charge in [-0.1, -0.05) is 6.07 Å². The fourth-order valence-electron chi connectivity index (χ4n) is 2.71. The summed E-state index contributed by atoms with van der Waals surface area (Å²) in [5, 5.41) is 0. The summed E-state index contributed by atoms with van der Waals surface area (Å²) in [5.74, 6) is -0.130. The molecule has 1 aromatic heterocycles. The lowest BCUT2D eigenvalue weighted by Crippen LogP contribution is -2.34. The highest BCUT2D eigenvalue weighted by atomic mass is 32.2. The van der Waals surface area contributed by atoms with Gasteiger partial charge >= 0.3 is 5.69 Å². The third-order valence-electron chi connectivity index (χ3n) is 4.56. The average Bonchev–Trinajstić information content (AvgIpc) is 3.50. The molecule has 11 heteroatoms. The zero-order chi connectivity index (χ0) is 21.7. The Morgan fingerprint density at radius 1 is 1.30 bits per heavy atom. The van der Waals surface area contributed by atoms with Gasteiger partial charge in [0.15, 0.2) is 11.6 Å². The zero-order valence-electron chi connectivity index (χ0n) is 16.5. The number of nitrogens with zero attached hydrogens (tertiary/aromatic N) is 1. The Kier molecular flexibility index (Phi) is 6.93. The van der Waals surface area contributed by atoms with Gasteiger partial charge in [-0.25, -0.2) is 22.3 Å². The van der Waals surface area contributed by atoms with E-state index < -0.39 is 33.1 Å². The molecule has 1 heterocycles. The van der Waals surface area contributed by atoms with Gasteiger partial charge in [-0.2, -0.15) is 0 Å². The Labute approximate surface area is 172 Å². The number of hydrogen-bond acceptors (Lipinski definition) is 6. The van der Waals surface area contributed by atoms with Crippen molar-refractivity contribution in [2.24, 2.45) is 5.92 Å². The first-order valence-electron chi connectivity index (χ1n) is 9.61. The van der Waals surface area contributed by atoms with E-state index in [1.54, 1.807) is 6.92 Å². The van der Waals surface area contributed by atoms with Crippen molar-refractivity contribution in [3.8, 4) is 5.75 Å². The summed E-state index contributed by atoms with van der Waals surface area (Å²) >= 11 is 0. The first kappa shape index (κ1) is 22.0. The summed E-state index contributed by atoms with van der Waals surface area (Å²) in [6.45, 7) is 2.07. The molecule has 1 atom stereocenters. The first-order valence-corrected chi connectivity index (χ1v) is 11.3. The Morgan fingerprint density at radius 2 is 2.07 bits per heavy atom. The highest BCUT2D eigenvalue weighted by Gasteiger charge is 2.23. The Balaban J connectivity index is 1.50. The van der Waals surface area contributed by atoms with Crippen molar-refractivity contribution in [2.45, 2.75) is 32.2 Å². The number of aromatic amines is 1. The average molecular weight is 441 g/mol. The van der Waals surface area contributed by atoms with Gasteiger partial charge < -0.3 is 9.57 Å². The molecular weight excluding hydrogens is 417 g/mol. The molecular formula is C19H24FN3O6S. The standard InChI is InChI=1S/C19H24FN3O6S/c1-13(15-5-6-16(20)17(11-15)28-12-14-3-4-14)22-30(26,27)10-2-9-29-23-8-7-18(24)21-19(23)25/h5-8,11,13-14,22H,2-4,9-10,12H2,1H3,(H,21,24,25)/t13-/m1/s1. The minimum atomic E-state index is -3.65. The van der Waals surface area contributed by atoms with Gasteiger partial charge in [0.25, 0.3) is 5.56 Å². The third kappa shape index (κ3) is 6.42. The fraction of sp³-hybridized carbons (Fsp3) is 0.474. The topological polar surface area (TPSA) is 119 Å². The summed E-state index contributed by atoms with van der Waals surface area (Å²) in [6, 6.07) is 4.82. The van der Waals surface area contributed by atoms with Crippen LogP contribution in [0.1, 0.15) is 37.8 Å². The van der Waals surface area contributed by atoms with Crippen LogP contribution in [0.15, 0.2) is 40.1 Å². The second-order valence-electron chi connectivity index (χ2n) is 7.23. The normalized spacial score (nSPS) is 15.0. The first-order chi connectivity index (χ1) is 14.2. The molecule has 0 radical (unpaired) electrons. The highest BCUT2D eigenvalue weighted by molar-refractivity contribution is 7.89. The molecule has 164 valence electrons. The second kappa shape index (κ2) is 9.43. The van der Waals surface area contributed by atoms with Crippen molar-refractivity contribution in [2.75, 3.05) is 19.0 Å². The van der Waals surface area contributed by atoms with Crippen molar-refractivity contribution >= 4 is 10.0 Å². The predicted octanol–water partition coefficient (Wildman–Crippen LogP) is 0.964. The molecule has 0 saturated heterocycles. The van der Waals surface area contributed by atoms with E-state index in [9.17, 15) is 22.4 Å². The summed E-state index contributed by atoms with van der Waals surface area (Å²) in [5.41, 5.74) is -0.711. The maximum atomic E-state index is 13.9. The van der Waals surface area contributed by atoms with Gasteiger partial charge in [0.05, 0.1) is 18.6 Å². The largest absolute Gasteiger partial charge is 0.490 e. The summed E-state index contributed by atoms with van der Waals surface area (Å²) in [4.78, 5) is 29.6. The van der Waals surface area contributed by atoms with Crippen molar-refractivity contribution < 1.29 is 22.4 Å². The molecule has 1 saturated carbocycles. The molecule has 3 rings (SSSR count). The summed E-state index contributed by atoms with van der Waals surface area (Å²) < 4.78 is 47.4. The lowest BCUT2D eigenvalue weighted by atomic mass is 10.1. The number of rotatable bonds is 11. The Morgan fingerprint density at radius 3 is 2.77 bits per heavy atom. The smallest absolute Gasteiger partial charge is 0.361 e. The summed E-state index contributed by atoms with van der Waals surface area (Å²) in [6.07, 6.45) is 3.44. The second-order valence-corrected chi connectivity index (χ2v) is 9.10. The van der Waals surface area contributed by atoms with Crippen LogP contribution >= 0.6 is 0 Å². The highest BCUT2D eigenvalue weighted by Crippen LogP contribution is 2.31. The van der Waals surface area contributed by atoms with Crippen LogP contribution in [0.3, 0.4) is 0 Å². The van der Waals surface area contributed by atoms with Crippen LogP contribution < -0.4 is 25.5 Å². The van der Waals surface area contributed by atoms with E-state index in [1.807, 2.05) is 4.98 Å². The number of H-pyrrole nitrogens is 1. The number of halogens is 1. The monoisotopic (exact) mass is 441 g/mol. The van der Waals surface area contributed by atoms with Gasteiger partial charge in [-0.05, 0) is 49.8 Å². The van der Waals surface area contributed by atoms with E-state index in [0.717, 1.165) is 29.8 Å². The molecule has 0 unspecified atom stereocenters. The van der Waals surface area contributed by atoms with E-state index in [4.69, 9.17) is 9.57 Å². The Hall–Kier alpha value is -2.66. The molecule has 9 nitrogen and oxygen atoms in total. The van der Waals surface area contributed by atoms with Crippen LogP contribution in [0, 0.1) is 11.7 Å². The van der Waals surface area contributed by atoms with Crippen molar-refractivity contribution in [1.82, 2.24) is 14.4 Å². The zero-order valence-corrected chi connectivity index (χ0v) is 17.3. The molecule has 30 heavy (non-hydrogen) atoms. The lowest BCUT2D eigenvalue weighted by molar-refractivity contribution is 0.0988. The van der Waals surface area contributed by atoms with E-state index in [1.165, 1.54) is 18.2 Å². The van der Waals surface area contributed by atoms with Gasteiger partial charge in [-0.15, -0.1) is 4.73 Å². The predicted molar refractivity (Wildman–Crippen MR) is 107 cm³/mol. The molecule has 0 aliphatic heterocycles. The molecule has 0 amide bonds. The lowest BCUT2D eigenvalue weighted by Gasteiger charge is -2.16. The van der Waals surface area contributed by atoms with Gasteiger partial charge in [0, 0.05) is 12.1 Å². The minimum Gasteiger partial charge on any atom is -0.490 e. The molecule has 2 aromatic rings. The van der Waals surface area contributed by atoms with Crippen LogP contribution in [0.2, 0.25) is 0 Å².